The second-order valence-electron chi connectivity index (χ2n) is 9.76. The molecule has 1 aromatic carbocycles. The fourth-order valence-electron chi connectivity index (χ4n) is 3.96. The molecule has 0 saturated heterocycles. The predicted octanol–water partition coefficient (Wildman–Crippen LogP) is 5.49. The van der Waals surface area contributed by atoms with Crippen LogP contribution >= 0.6 is 0 Å². The second kappa shape index (κ2) is 9.07. The van der Waals surface area contributed by atoms with Crippen molar-refractivity contribution in [3.8, 4) is 11.1 Å². The molecule has 160 valence electrons. The summed E-state index contributed by atoms with van der Waals surface area (Å²) in [5.41, 5.74) is 3.50. The summed E-state index contributed by atoms with van der Waals surface area (Å²) in [7, 11) is 2.22. The zero-order chi connectivity index (χ0) is 23.0. The summed E-state index contributed by atoms with van der Waals surface area (Å²) in [6.45, 7) is 10.7. The van der Waals surface area contributed by atoms with Crippen molar-refractivity contribution in [3.05, 3.63) is 64.5 Å². The first-order valence-corrected chi connectivity index (χ1v) is 15.4. The molecule has 3 aliphatic rings. The van der Waals surface area contributed by atoms with Crippen LogP contribution in [0.15, 0.2) is 48.5 Å². The molecule has 0 bridgehead atoms. The Hall–Kier alpha value is -1.65. The van der Waals surface area contributed by atoms with E-state index in [0.717, 1.165) is 5.22 Å². The molecule has 1 atom stereocenters. The summed E-state index contributed by atoms with van der Waals surface area (Å²) in [4.78, 5) is 0. The molecule has 0 heterocycles. The van der Waals surface area contributed by atoms with Crippen LogP contribution in [0.25, 0.3) is 40.6 Å². The van der Waals surface area contributed by atoms with E-state index in [4.69, 9.17) is 0 Å². The zero-order valence-corrected chi connectivity index (χ0v) is 22.5. The molecular formula is C27H34NOSiTi+. The summed E-state index contributed by atoms with van der Waals surface area (Å²) in [6.07, 6.45) is 6.50. The van der Waals surface area contributed by atoms with Crippen LogP contribution in [0.4, 0.5) is 0 Å². The van der Waals surface area contributed by atoms with Crippen LogP contribution < -0.4 is 10.4 Å². The summed E-state index contributed by atoms with van der Waals surface area (Å²) in [5, 5.41) is 9.17. The van der Waals surface area contributed by atoms with Crippen molar-refractivity contribution >= 4 is 38.3 Å². The van der Waals surface area contributed by atoms with Crippen molar-refractivity contribution in [3.63, 3.8) is 0 Å². The van der Waals surface area contributed by atoms with E-state index in [0.29, 0.717) is 23.3 Å². The van der Waals surface area contributed by atoms with E-state index >= 15 is 0 Å². The second-order valence-corrected chi connectivity index (χ2v) is 13.8. The van der Waals surface area contributed by atoms with E-state index in [9.17, 15) is 4.46 Å². The molecule has 31 heavy (non-hydrogen) atoms. The van der Waals surface area contributed by atoms with Crippen molar-refractivity contribution in [2.24, 2.45) is 0 Å². The summed E-state index contributed by atoms with van der Waals surface area (Å²) in [5.74, 6) is 0. The topological polar surface area (TPSA) is 17.1 Å². The van der Waals surface area contributed by atoms with Crippen molar-refractivity contribution < 1.29 is 27.8 Å². The third-order valence-electron chi connectivity index (χ3n) is 6.52. The molecule has 0 aromatic heterocycles. The van der Waals surface area contributed by atoms with Crippen LogP contribution in [0.1, 0.15) is 26.3 Å². The average molecular weight is 465 g/mol. The number of hydrogen-bond donors (Lipinski definition) is 0. The van der Waals surface area contributed by atoms with Gasteiger partial charge in [0, 0.05) is 0 Å². The maximum atomic E-state index is 13.6. The molecular weight excluding hydrogens is 430 g/mol. The molecule has 3 aliphatic carbocycles. The number of hydrogen-bond acceptors (Lipinski definition) is 1. The van der Waals surface area contributed by atoms with Crippen molar-refractivity contribution in [2.75, 3.05) is 14.1 Å². The Morgan fingerprint density at radius 3 is 2.32 bits per heavy atom. The van der Waals surface area contributed by atoms with Gasteiger partial charge >= 0.3 is 38.5 Å². The minimum atomic E-state index is -1.96. The van der Waals surface area contributed by atoms with E-state index in [1.807, 2.05) is 0 Å². The van der Waals surface area contributed by atoms with E-state index in [-0.39, 0.29) is 11.1 Å². The van der Waals surface area contributed by atoms with E-state index < -0.39 is 8.84 Å². The number of nitrogens with zero attached hydrogens (tertiary/aromatic N) is 1. The molecule has 2 nitrogen and oxygen atoms in total. The van der Waals surface area contributed by atoms with Gasteiger partial charge in [0.15, 0.2) is 0 Å². The van der Waals surface area contributed by atoms with Crippen LogP contribution in [0.3, 0.4) is 0 Å². The molecule has 0 aliphatic heterocycles. The van der Waals surface area contributed by atoms with Crippen LogP contribution in [0.5, 0.6) is 0 Å². The molecule has 4 rings (SSSR count). The van der Waals surface area contributed by atoms with Gasteiger partial charge in [-0.15, -0.1) is 0 Å². The molecule has 0 amide bonds. The average Bonchev–Trinajstić information content (AvgIpc) is 2.98. The molecule has 1 unspecified atom stereocenters. The van der Waals surface area contributed by atoms with E-state index in [1.54, 1.807) is 0 Å². The van der Waals surface area contributed by atoms with Gasteiger partial charge in [0.25, 0.3) is 0 Å². The van der Waals surface area contributed by atoms with E-state index in [1.165, 1.54) is 32.7 Å². The van der Waals surface area contributed by atoms with Crippen molar-refractivity contribution in [2.45, 2.75) is 42.3 Å². The fraction of sp³-hybridized carbons (Fsp3) is 0.333. The van der Waals surface area contributed by atoms with Gasteiger partial charge in [0.1, 0.15) is 0 Å². The first-order valence-electron chi connectivity index (χ1n) is 10.8. The van der Waals surface area contributed by atoms with Gasteiger partial charge in [-0.1, -0.05) is 61.2 Å². The van der Waals surface area contributed by atoms with Gasteiger partial charge < -0.3 is 8.61 Å². The molecule has 0 spiro atoms. The van der Waals surface area contributed by atoms with Gasteiger partial charge in [-0.05, 0) is 64.7 Å². The van der Waals surface area contributed by atoms with Crippen molar-refractivity contribution in [1.82, 2.24) is 0 Å². The number of benzene rings is 1. The van der Waals surface area contributed by atoms with Crippen molar-refractivity contribution in [1.29, 1.82) is 0 Å². The molecule has 0 fully saturated rings. The van der Waals surface area contributed by atoms with Crippen LogP contribution in [0.2, 0.25) is 16.0 Å². The predicted molar refractivity (Wildman–Crippen MR) is 133 cm³/mol. The van der Waals surface area contributed by atoms with Crippen LogP contribution in [0, 0.1) is 0 Å². The van der Waals surface area contributed by atoms with Gasteiger partial charge in [-0.3, -0.25) is 0 Å². The summed E-state index contributed by atoms with van der Waals surface area (Å²) >= 11 is 0.500. The number of quaternary nitrogens is 1. The third-order valence-corrected chi connectivity index (χ3v) is 9.23. The van der Waals surface area contributed by atoms with Crippen LogP contribution in [-0.2, 0) is 23.6 Å². The van der Waals surface area contributed by atoms with Crippen LogP contribution in [-0.4, -0.2) is 32.6 Å². The molecule has 1 aromatic rings. The Morgan fingerprint density at radius 2 is 1.68 bits per heavy atom. The Balaban J connectivity index is 0.000000858. The Labute approximate surface area is 197 Å². The van der Waals surface area contributed by atoms with Gasteiger partial charge in [-0.2, -0.15) is 0 Å². The van der Waals surface area contributed by atoms with Gasteiger partial charge in [0.05, 0.1) is 25.2 Å². The fourth-order valence-corrected chi connectivity index (χ4v) is 5.93. The SMILES string of the molecule is C=c1cccc2cc3c4c(cccc-3c12)C=CC([Si](=O)[N+](C)(C)C(C)(C)C)C=4.[CH3][Ti][CH3]. The Morgan fingerprint density at radius 1 is 1.03 bits per heavy atom. The first-order chi connectivity index (χ1) is 14.5. The Kier molecular flexibility index (Phi) is 7.02. The standard InChI is InChI=1S/C25H28NOSi.2CH3.Ti/c1-17-9-7-11-19-15-23-21(24(17)19)12-8-10-18-13-14-20(16-22(18)23)28(27)26(5,6)25(2,3)4;;;/h7-16,20H,1H2,2-6H3;2*1H3;/q+1;;;. The Bertz CT molecular complexity index is 1240. The maximum absolute atomic E-state index is 13.6. The monoisotopic (exact) mass is 464 g/mol. The number of allylic oxidation sites excluding steroid dienone is 1. The number of rotatable bonds is 2. The molecule has 4 heteroatoms. The summed E-state index contributed by atoms with van der Waals surface area (Å²) < 4.78 is 14.1. The van der Waals surface area contributed by atoms with Gasteiger partial charge in [0.2, 0.25) is 0 Å². The summed E-state index contributed by atoms with van der Waals surface area (Å²) in [6, 6.07) is 15.0. The normalized spacial score (nSPS) is 15.6. The minimum absolute atomic E-state index is 0.0467. The quantitative estimate of drug-likeness (QED) is 0.459. The molecule has 0 saturated carbocycles. The third kappa shape index (κ3) is 4.47. The molecule has 0 radical (unpaired) electrons. The number of fused-ring (bicyclic) bond motifs is 5. The van der Waals surface area contributed by atoms with Gasteiger partial charge in [-0.25, -0.2) is 0 Å². The zero-order valence-electron chi connectivity index (χ0n) is 19.9. The molecule has 0 N–H and O–H groups in total. The van der Waals surface area contributed by atoms with E-state index in [2.05, 4.69) is 113 Å². The first kappa shape index (κ1) is 24.0.